The lowest BCUT2D eigenvalue weighted by atomic mass is 9.96. The highest BCUT2D eigenvalue weighted by atomic mass is 35.5. The van der Waals surface area contributed by atoms with Crippen molar-refractivity contribution in [3.05, 3.63) is 33.8 Å². The summed E-state index contributed by atoms with van der Waals surface area (Å²) in [5.41, 5.74) is 0.229. The van der Waals surface area contributed by atoms with Gasteiger partial charge in [-0.2, -0.15) is 0 Å². The summed E-state index contributed by atoms with van der Waals surface area (Å²) in [5.74, 6) is -0.322. The minimum absolute atomic E-state index is 0.0446. The zero-order valence-electron chi connectivity index (χ0n) is 19.4. The Morgan fingerprint density at radius 3 is 2.42 bits per heavy atom. The van der Waals surface area contributed by atoms with Gasteiger partial charge in [-0.15, -0.1) is 0 Å². The van der Waals surface area contributed by atoms with E-state index in [1.807, 2.05) is 26.8 Å². The second kappa shape index (κ2) is 11.7. The number of nitrogens with zero attached hydrogens (tertiary/aromatic N) is 2. The number of ether oxygens (including phenoxy) is 4. The van der Waals surface area contributed by atoms with Crippen molar-refractivity contribution >= 4 is 35.2 Å². The molecule has 0 spiro atoms. The van der Waals surface area contributed by atoms with E-state index in [1.54, 1.807) is 21.9 Å². The van der Waals surface area contributed by atoms with Gasteiger partial charge in [-0.25, -0.2) is 4.79 Å². The number of morpholine rings is 1. The lowest BCUT2D eigenvalue weighted by Crippen LogP contribution is -2.43. The van der Waals surface area contributed by atoms with Crippen molar-refractivity contribution in [2.24, 2.45) is 5.92 Å². The van der Waals surface area contributed by atoms with Gasteiger partial charge < -0.3 is 28.7 Å². The molecule has 2 amide bonds. The molecule has 3 rings (SSSR count). The van der Waals surface area contributed by atoms with E-state index in [9.17, 15) is 9.59 Å². The molecule has 0 aromatic heterocycles. The number of amides is 2. The Labute approximate surface area is 205 Å². The Hall–Kier alpha value is -1.58. The van der Waals surface area contributed by atoms with Crippen LogP contribution in [0.3, 0.4) is 0 Å². The smallest absolute Gasteiger partial charge is 0.410 e. The second-order valence-electron chi connectivity index (χ2n) is 9.16. The summed E-state index contributed by atoms with van der Waals surface area (Å²) in [6.45, 7) is 8.92. The summed E-state index contributed by atoms with van der Waals surface area (Å²) >= 11 is 12.3. The minimum atomic E-state index is -0.607. The van der Waals surface area contributed by atoms with Crippen LogP contribution < -0.4 is 0 Å². The Bertz CT molecular complexity index is 826. The lowest BCUT2D eigenvalue weighted by Gasteiger charge is -2.30. The predicted molar refractivity (Wildman–Crippen MR) is 125 cm³/mol. The zero-order valence-corrected chi connectivity index (χ0v) is 20.9. The summed E-state index contributed by atoms with van der Waals surface area (Å²) in [6.07, 6.45) is -0.791. The van der Waals surface area contributed by atoms with Crippen LogP contribution in [0, 0.1) is 5.92 Å². The molecule has 0 bridgehead atoms. The van der Waals surface area contributed by atoms with Crippen molar-refractivity contribution in [3.63, 3.8) is 0 Å². The van der Waals surface area contributed by atoms with Crippen molar-refractivity contribution in [3.8, 4) is 0 Å². The van der Waals surface area contributed by atoms with E-state index in [0.29, 0.717) is 56.0 Å². The van der Waals surface area contributed by atoms with Crippen LogP contribution in [-0.2, 0) is 23.7 Å². The molecule has 1 aromatic carbocycles. The van der Waals surface area contributed by atoms with Crippen LogP contribution in [0.5, 0.6) is 0 Å². The molecule has 0 N–H and O–H groups in total. The Morgan fingerprint density at radius 2 is 1.76 bits per heavy atom. The predicted octanol–water partition coefficient (Wildman–Crippen LogP) is 3.79. The fourth-order valence-corrected chi connectivity index (χ4v) is 4.09. The molecule has 2 aliphatic heterocycles. The largest absolute Gasteiger partial charge is 0.444 e. The molecule has 2 fully saturated rings. The monoisotopic (exact) mass is 502 g/mol. The highest BCUT2D eigenvalue weighted by Gasteiger charge is 2.34. The molecular weight excluding hydrogens is 471 g/mol. The van der Waals surface area contributed by atoms with E-state index in [2.05, 4.69) is 0 Å². The molecule has 0 aliphatic carbocycles. The molecular formula is C23H32Cl2N2O6. The van der Waals surface area contributed by atoms with E-state index < -0.39 is 11.7 Å². The van der Waals surface area contributed by atoms with E-state index >= 15 is 0 Å². The van der Waals surface area contributed by atoms with Crippen molar-refractivity contribution in [1.82, 2.24) is 9.80 Å². The summed E-state index contributed by atoms with van der Waals surface area (Å²) in [7, 11) is 0. The van der Waals surface area contributed by atoms with Crippen LogP contribution in [0.2, 0.25) is 10.0 Å². The van der Waals surface area contributed by atoms with Gasteiger partial charge in [-0.05, 0) is 38.5 Å². The Balaban J connectivity index is 1.71. The van der Waals surface area contributed by atoms with Crippen LogP contribution in [0.15, 0.2) is 18.2 Å². The number of hydrogen-bond acceptors (Lipinski definition) is 6. The maximum absolute atomic E-state index is 12.7. The molecule has 2 saturated heterocycles. The Kier molecular flexibility index (Phi) is 9.24. The van der Waals surface area contributed by atoms with Crippen molar-refractivity contribution < 1.29 is 28.5 Å². The first-order valence-electron chi connectivity index (χ1n) is 11.1. The number of rotatable bonds is 5. The molecule has 0 radical (unpaired) electrons. The van der Waals surface area contributed by atoms with Gasteiger partial charge in [0.1, 0.15) is 12.2 Å². The van der Waals surface area contributed by atoms with Gasteiger partial charge in [0.05, 0.1) is 42.6 Å². The van der Waals surface area contributed by atoms with E-state index in [1.165, 1.54) is 0 Å². The summed E-state index contributed by atoms with van der Waals surface area (Å²) in [5, 5.41) is 0.876. The number of halogens is 2. The first kappa shape index (κ1) is 26.0. The fraction of sp³-hybridized carbons (Fsp3) is 0.652. The van der Waals surface area contributed by atoms with Crippen LogP contribution in [0.4, 0.5) is 4.79 Å². The normalized spacial score (nSPS) is 22.1. The van der Waals surface area contributed by atoms with E-state index in [-0.39, 0.29) is 31.1 Å². The quantitative estimate of drug-likeness (QED) is 0.609. The number of benzene rings is 1. The standard InChI is InChI=1S/C23H32Cl2N2O6/c1-23(2,3)33-22(29)27-8-11-32-21(16-4-5-18(24)19(25)12-16)17(13-27)14-31-15-20(28)26-6-9-30-10-7-26/h4-5,12,17,21H,6-11,13-15H2,1-3H3/t17-,21+/m1/s1. The third-order valence-electron chi connectivity index (χ3n) is 5.39. The average Bonchev–Trinajstić information content (AvgIpc) is 2.98. The SMILES string of the molecule is CC(C)(C)OC(=O)N1CCO[C@@H](c2ccc(Cl)c(Cl)c2)[C@@H](COCC(=O)N2CCOCC2)C1. The number of hydrogen-bond donors (Lipinski definition) is 0. The molecule has 8 nitrogen and oxygen atoms in total. The molecule has 2 atom stereocenters. The van der Waals surface area contributed by atoms with Gasteiger partial charge in [0.2, 0.25) is 5.91 Å². The number of carbonyl (C=O) groups excluding carboxylic acids is 2. The Morgan fingerprint density at radius 1 is 1.06 bits per heavy atom. The first-order chi connectivity index (χ1) is 15.6. The third kappa shape index (κ3) is 7.72. The van der Waals surface area contributed by atoms with Crippen LogP contribution in [0.1, 0.15) is 32.4 Å². The maximum Gasteiger partial charge on any atom is 0.410 e. The summed E-state index contributed by atoms with van der Waals surface area (Å²) < 4.78 is 22.8. The number of carbonyl (C=O) groups is 2. The van der Waals surface area contributed by atoms with Gasteiger partial charge in [-0.3, -0.25) is 4.79 Å². The molecule has 2 aliphatic rings. The highest BCUT2D eigenvalue weighted by molar-refractivity contribution is 6.42. The van der Waals surface area contributed by atoms with Crippen LogP contribution in [0.25, 0.3) is 0 Å². The van der Waals surface area contributed by atoms with Gasteiger partial charge in [-0.1, -0.05) is 29.3 Å². The lowest BCUT2D eigenvalue weighted by molar-refractivity contribution is -0.141. The molecule has 10 heteroatoms. The van der Waals surface area contributed by atoms with Gasteiger partial charge in [0.15, 0.2) is 0 Å². The molecule has 184 valence electrons. The maximum atomic E-state index is 12.7. The van der Waals surface area contributed by atoms with Crippen molar-refractivity contribution in [1.29, 1.82) is 0 Å². The van der Waals surface area contributed by atoms with Crippen molar-refractivity contribution in [2.75, 3.05) is 59.2 Å². The van der Waals surface area contributed by atoms with Crippen molar-refractivity contribution in [2.45, 2.75) is 32.5 Å². The second-order valence-corrected chi connectivity index (χ2v) is 9.97. The molecule has 33 heavy (non-hydrogen) atoms. The molecule has 0 unspecified atom stereocenters. The van der Waals surface area contributed by atoms with E-state index in [4.69, 9.17) is 42.1 Å². The average molecular weight is 503 g/mol. The summed E-state index contributed by atoms with van der Waals surface area (Å²) in [4.78, 5) is 28.6. The van der Waals surface area contributed by atoms with Gasteiger partial charge in [0.25, 0.3) is 0 Å². The molecule has 2 heterocycles. The highest BCUT2D eigenvalue weighted by Crippen LogP contribution is 2.33. The third-order valence-corrected chi connectivity index (χ3v) is 6.13. The zero-order chi connectivity index (χ0) is 24.0. The van der Waals surface area contributed by atoms with E-state index in [0.717, 1.165) is 5.56 Å². The van der Waals surface area contributed by atoms with Crippen LogP contribution in [-0.4, -0.2) is 86.6 Å². The van der Waals surface area contributed by atoms with Gasteiger partial charge >= 0.3 is 6.09 Å². The van der Waals surface area contributed by atoms with Gasteiger partial charge in [0, 0.05) is 32.1 Å². The minimum Gasteiger partial charge on any atom is -0.444 e. The molecule has 0 saturated carbocycles. The summed E-state index contributed by atoms with van der Waals surface area (Å²) in [6, 6.07) is 5.34. The first-order valence-corrected chi connectivity index (χ1v) is 11.9. The fourth-order valence-electron chi connectivity index (χ4n) is 3.79. The topological polar surface area (TPSA) is 77.5 Å². The van der Waals surface area contributed by atoms with Crippen LogP contribution >= 0.6 is 23.2 Å². The molecule has 1 aromatic rings.